The van der Waals surface area contributed by atoms with Crippen LogP contribution in [0.4, 0.5) is 0 Å². The van der Waals surface area contributed by atoms with Crippen molar-refractivity contribution >= 4 is 0 Å². The van der Waals surface area contributed by atoms with Gasteiger partial charge in [-0.1, -0.05) is 44.0 Å². The first-order chi connectivity index (χ1) is 9.25. The number of rotatable bonds is 3. The van der Waals surface area contributed by atoms with Crippen LogP contribution < -0.4 is 5.73 Å². The van der Waals surface area contributed by atoms with Gasteiger partial charge in [0.15, 0.2) is 0 Å². The zero-order chi connectivity index (χ0) is 13.3. The average Bonchev–Trinajstić information content (AvgIpc) is 2.74. The van der Waals surface area contributed by atoms with E-state index in [-0.39, 0.29) is 5.54 Å². The molecule has 0 radical (unpaired) electrons. The molecule has 1 heterocycles. The Morgan fingerprint density at radius 1 is 1.21 bits per heavy atom. The van der Waals surface area contributed by atoms with Crippen molar-refractivity contribution in [3.63, 3.8) is 0 Å². The lowest BCUT2D eigenvalue weighted by atomic mass is 9.83. The maximum Gasteiger partial charge on any atom is 0.0573 e. The summed E-state index contributed by atoms with van der Waals surface area (Å²) in [7, 11) is 0. The third kappa shape index (κ3) is 2.21. The van der Waals surface area contributed by atoms with E-state index in [1.54, 1.807) is 0 Å². The Bertz CT molecular complexity index is 437. The molecule has 2 aliphatic rings. The molecule has 104 valence electrons. The van der Waals surface area contributed by atoms with Gasteiger partial charge in [-0.15, -0.1) is 0 Å². The highest BCUT2D eigenvalue weighted by Gasteiger charge is 2.45. The molecule has 1 saturated heterocycles. The molecule has 19 heavy (non-hydrogen) atoms. The van der Waals surface area contributed by atoms with Gasteiger partial charge >= 0.3 is 0 Å². The van der Waals surface area contributed by atoms with Crippen LogP contribution in [0, 0.1) is 0 Å². The predicted octanol–water partition coefficient (Wildman–Crippen LogP) is 3.05. The van der Waals surface area contributed by atoms with Gasteiger partial charge in [0.05, 0.1) is 5.54 Å². The maximum atomic E-state index is 6.91. The summed E-state index contributed by atoms with van der Waals surface area (Å²) in [5.74, 6) is 0. The lowest BCUT2D eigenvalue weighted by molar-refractivity contribution is 0.102. The van der Waals surface area contributed by atoms with Crippen LogP contribution >= 0.6 is 0 Å². The van der Waals surface area contributed by atoms with Gasteiger partial charge in [0.25, 0.3) is 0 Å². The summed E-state index contributed by atoms with van der Waals surface area (Å²) in [6.45, 7) is 4.73. The molecule has 0 aromatic heterocycles. The molecule has 0 spiro atoms. The maximum absolute atomic E-state index is 6.91. The molecule has 1 aliphatic carbocycles. The van der Waals surface area contributed by atoms with Crippen LogP contribution in [0.5, 0.6) is 0 Å². The molecule has 2 unspecified atom stereocenters. The number of hydrogen-bond donors (Lipinski definition) is 1. The second-order valence-electron chi connectivity index (χ2n) is 6.26. The number of likely N-dealkylation sites (tertiary alicyclic amines) is 1. The van der Waals surface area contributed by atoms with Crippen molar-refractivity contribution in [2.75, 3.05) is 13.1 Å². The van der Waals surface area contributed by atoms with E-state index >= 15 is 0 Å². The number of piperidine rings is 1. The van der Waals surface area contributed by atoms with Gasteiger partial charge in [-0.2, -0.15) is 0 Å². The summed E-state index contributed by atoms with van der Waals surface area (Å²) >= 11 is 0. The monoisotopic (exact) mass is 258 g/mol. The van der Waals surface area contributed by atoms with Crippen molar-refractivity contribution in [1.29, 1.82) is 0 Å². The first kappa shape index (κ1) is 13.1. The van der Waals surface area contributed by atoms with E-state index in [0.29, 0.717) is 6.04 Å². The van der Waals surface area contributed by atoms with Crippen molar-refractivity contribution in [3.05, 3.63) is 35.4 Å². The van der Waals surface area contributed by atoms with Crippen molar-refractivity contribution < 1.29 is 0 Å². The van der Waals surface area contributed by atoms with E-state index in [1.807, 2.05) is 0 Å². The molecule has 1 aromatic carbocycles. The van der Waals surface area contributed by atoms with Crippen LogP contribution in [-0.2, 0) is 12.0 Å². The van der Waals surface area contributed by atoms with Gasteiger partial charge in [-0.25, -0.2) is 0 Å². The van der Waals surface area contributed by atoms with Gasteiger partial charge in [-0.05, 0) is 49.9 Å². The van der Waals surface area contributed by atoms with E-state index in [9.17, 15) is 0 Å². The summed E-state index contributed by atoms with van der Waals surface area (Å²) in [5.41, 5.74) is 9.68. The third-order valence-corrected chi connectivity index (χ3v) is 5.02. The fraction of sp³-hybridized carbons (Fsp3) is 0.647. The normalized spacial score (nSPS) is 31.4. The second-order valence-corrected chi connectivity index (χ2v) is 6.26. The lowest BCUT2D eigenvalue weighted by Crippen LogP contribution is -2.55. The van der Waals surface area contributed by atoms with Crippen LogP contribution in [0.25, 0.3) is 0 Å². The minimum absolute atomic E-state index is 0.122. The Balaban J connectivity index is 1.92. The predicted molar refractivity (Wildman–Crippen MR) is 80.1 cm³/mol. The number of nitrogens with zero attached hydrogens (tertiary/aromatic N) is 1. The highest BCUT2D eigenvalue weighted by molar-refractivity contribution is 5.41. The smallest absolute Gasteiger partial charge is 0.0573 e. The second kappa shape index (κ2) is 5.26. The highest BCUT2D eigenvalue weighted by Crippen LogP contribution is 2.41. The van der Waals surface area contributed by atoms with Gasteiger partial charge in [0, 0.05) is 6.04 Å². The van der Waals surface area contributed by atoms with Gasteiger partial charge in [0.1, 0.15) is 0 Å². The number of fused-ring (bicyclic) bond motifs is 1. The van der Waals surface area contributed by atoms with Crippen molar-refractivity contribution in [1.82, 2.24) is 4.90 Å². The van der Waals surface area contributed by atoms with Crippen molar-refractivity contribution in [2.24, 2.45) is 5.73 Å². The fourth-order valence-corrected chi connectivity index (χ4v) is 4.12. The van der Waals surface area contributed by atoms with E-state index < -0.39 is 0 Å². The van der Waals surface area contributed by atoms with E-state index in [1.165, 1.54) is 43.5 Å². The van der Waals surface area contributed by atoms with E-state index in [0.717, 1.165) is 19.3 Å². The molecular weight excluding hydrogens is 232 g/mol. The molecule has 2 heteroatoms. The topological polar surface area (TPSA) is 29.3 Å². The number of hydrogen-bond acceptors (Lipinski definition) is 2. The van der Waals surface area contributed by atoms with Gasteiger partial charge in [-0.3, -0.25) is 4.90 Å². The van der Waals surface area contributed by atoms with Crippen molar-refractivity contribution in [3.8, 4) is 0 Å². The van der Waals surface area contributed by atoms with Gasteiger partial charge in [0.2, 0.25) is 0 Å². The Hall–Kier alpha value is -0.860. The quantitative estimate of drug-likeness (QED) is 0.903. The molecule has 2 nitrogen and oxygen atoms in total. The Kier molecular flexibility index (Phi) is 3.64. The summed E-state index contributed by atoms with van der Waals surface area (Å²) in [5, 5.41) is 0. The van der Waals surface area contributed by atoms with Crippen LogP contribution in [0.15, 0.2) is 24.3 Å². The highest BCUT2D eigenvalue weighted by atomic mass is 15.2. The zero-order valence-corrected chi connectivity index (χ0v) is 12.1. The first-order valence-corrected chi connectivity index (χ1v) is 7.87. The van der Waals surface area contributed by atoms with E-state index in [2.05, 4.69) is 36.1 Å². The third-order valence-electron chi connectivity index (χ3n) is 5.02. The summed E-state index contributed by atoms with van der Waals surface area (Å²) < 4.78 is 0. The Morgan fingerprint density at radius 2 is 1.95 bits per heavy atom. The largest absolute Gasteiger partial charge is 0.320 e. The fourth-order valence-electron chi connectivity index (χ4n) is 4.12. The molecule has 2 atom stereocenters. The molecular formula is C17H26N2. The van der Waals surface area contributed by atoms with Crippen LogP contribution in [0.1, 0.15) is 50.2 Å². The van der Waals surface area contributed by atoms with Crippen molar-refractivity contribution in [2.45, 2.75) is 57.0 Å². The van der Waals surface area contributed by atoms with E-state index in [4.69, 9.17) is 5.73 Å². The Morgan fingerprint density at radius 3 is 2.68 bits per heavy atom. The zero-order valence-electron chi connectivity index (χ0n) is 12.1. The van der Waals surface area contributed by atoms with Crippen LogP contribution in [0.2, 0.25) is 0 Å². The molecule has 3 rings (SSSR count). The minimum Gasteiger partial charge on any atom is -0.320 e. The number of benzene rings is 1. The Labute approximate surface area is 117 Å². The van der Waals surface area contributed by atoms with Crippen LogP contribution in [0.3, 0.4) is 0 Å². The molecule has 1 fully saturated rings. The summed E-state index contributed by atoms with van der Waals surface area (Å²) in [4.78, 5) is 2.67. The molecule has 1 aliphatic heterocycles. The summed E-state index contributed by atoms with van der Waals surface area (Å²) in [6.07, 6.45) is 7.48. The van der Waals surface area contributed by atoms with Crippen LogP contribution in [-0.4, -0.2) is 24.0 Å². The number of nitrogens with two attached hydrogens (primary N) is 1. The molecule has 0 saturated carbocycles. The molecule has 2 N–H and O–H groups in total. The molecule has 0 amide bonds. The standard InChI is InChI=1S/C17H26N2/c1-2-10-17(18)15-9-5-4-8-14(15)13-16(17)19-11-6-3-7-12-19/h4-5,8-9,16H,2-3,6-7,10-13,18H2,1H3. The SMILES string of the molecule is CCCC1(N)c2ccccc2CC1N1CCCCC1. The molecule has 1 aromatic rings. The summed E-state index contributed by atoms with van der Waals surface area (Å²) in [6, 6.07) is 9.36. The lowest BCUT2D eigenvalue weighted by Gasteiger charge is -2.42. The first-order valence-electron chi connectivity index (χ1n) is 7.87. The molecule has 0 bridgehead atoms. The minimum atomic E-state index is -0.122. The average molecular weight is 258 g/mol. The van der Waals surface area contributed by atoms with Gasteiger partial charge < -0.3 is 5.73 Å².